The highest BCUT2D eigenvalue weighted by atomic mass is 16.8. The first-order chi connectivity index (χ1) is 24.4. The number of rotatable bonds is 11. The van der Waals surface area contributed by atoms with Crippen LogP contribution in [0.25, 0.3) is 0 Å². The average Bonchev–Trinajstić information content (AvgIpc) is 3.75. The van der Waals surface area contributed by atoms with Crippen molar-refractivity contribution in [3.8, 4) is 34.5 Å². The fourth-order valence-electron chi connectivity index (χ4n) is 7.19. The fourth-order valence-corrected chi connectivity index (χ4v) is 7.19. The van der Waals surface area contributed by atoms with Gasteiger partial charge in [0.2, 0.25) is 17.8 Å². The van der Waals surface area contributed by atoms with Crippen molar-refractivity contribution in [2.45, 2.75) is 80.5 Å². The lowest BCUT2D eigenvalue weighted by Gasteiger charge is -2.45. The van der Waals surface area contributed by atoms with E-state index in [1.54, 1.807) is 24.3 Å². The number of aliphatic hydroxyl groups is 6. The number of hydrogen-bond acceptors (Lipinski definition) is 17. The molecule has 17 heteroatoms. The molecule has 4 heterocycles. The number of aliphatic hydroxyl groups excluding tert-OH is 6. The van der Waals surface area contributed by atoms with Gasteiger partial charge in [-0.1, -0.05) is 0 Å². The van der Waals surface area contributed by atoms with Gasteiger partial charge in [0.05, 0.1) is 66.6 Å². The predicted octanol–water partition coefficient (Wildman–Crippen LogP) is -0.468. The zero-order valence-corrected chi connectivity index (χ0v) is 28.7. The Morgan fingerprint density at radius 1 is 0.647 bits per heavy atom. The number of phenolic OH excluding ortho intramolecular Hbond substituents is 1. The van der Waals surface area contributed by atoms with Crippen LogP contribution in [-0.4, -0.2) is 145 Å². The topological polar surface area (TPSA) is 234 Å². The Labute approximate surface area is 293 Å². The minimum atomic E-state index is -1.73. The molecule has 0 amide bonds. The van der Waals surface area contributed by atoms with Gasteiger partial charge in [0.1, 0.15) is 36.6 Å². The Bertz CT molecular complexity index is 1460. The molecule has 0 unspecified atom stereocenters. The van der Waals surface area contributed by atoms with Crippen LogP contribution in [0.15, 0.2) is 24.3 Å². The summed E-state index contributed by atoms with van der Waals surface area (Å²) in [5.74, 6) is 0.658. The molecule has 0 bridgehead atoms. The zero-order valence-electron chi connectivity index (χ0n) is 28.7. The number of fused-ring (bicyclic) bond motifs is 1. The van der Waals surface area contributed by atoms with Gasteiger partial charge < -0.3 is 83.1 Å². The molecular weight excluding hydrogens is 680 g/mol. The van der Waals surface area contributed by atoms with Crippen molar-refractivity contribution in [2.24, 2.45) is 11.8 Å². The van der Waals surface area contributed by atoms with Gasteiger partial charge in [-0.25, -0.2) is 0 Å². The van der Waals surface area contributed by atoms with Crippen LogP contribution in [0.1, 0.15) is 30.3 Å². The van der Waals surface area contributed by atoms with Crippen molar-refractivity contribution in [3.63, 3.8) is 0 Å². The lowest BCUT2D eigenvalue weighted by Crippen LogP contribution is -2.64. The summed E-state index contributed by atoms with van der Waals surface area (Å²) in [5.41, 5.74) is 1.45. The second kappa shape index (κ2) is 15.4. The SMILES string of the molecule is COc1cc([C@@H]2OC[C@H]3[C@@H]2CO[C@H]3c2cc(OC)c(O[C@@H]3O[C@H](CO)[C@@H](O)[C@H](O)[C@H]3O[C@@H]3O[C@@H](C)[C@H](O)[C@@H](O)[C@H]3O)c(OC)c2)cc(OC)c1O. The van der Waals surface area contributed by atoms with Crippen molar-refractivity contribution in [1.82, 2.24) is 0 Å². The van der Waals surface area contributed by atoms with Crippen molar-refractivity contribution in [2.75, 3.05) is 48.3 Å². The predicted molar refractivity (Wildman–Crippen MR) is 171 cm³/mol. The van der Waals surface area contributed by atoms with E-state index in [1.165, 1.54) is 35.4 Å². The molecule has 284 valence electrons. The Morgan fingerprint density at radius 3 is 1.65 bits per heavy atom. The highest BCUT2D eigenvalue weighted by Gasteiger charge is 2.52. The lowest BCUT2D eigenvalue weighted by atomic mass is 9.84. The van der Waals surface area contributed by atoms with Crippen molar-refractivity contribution >= 4 is 0 Å². The first-order valence-corrected chi connectivity index (χ1v) is 16.5. The monoisotopic (exact) mass is 726 g/mol. The molecule has 6 rings (SSSR count). The third kappa shape index (κ3) is 6.89. The van der Waals surface area contributed by atoms with Crippen LogP contribution in [0.2, 0.25) is 0 Å². The van der Waals surface area contributed by atoms with Gasteiger partial charge in [-0.05, 0) is 42.3 Å². The molecule has 4 aliphatic rings. The molecule has 4 saturated heterocycles. The first-order valence-electron chi connectivity index (χ1n) is 16.5. The average molecular weight is 727 g/mol. The number of ether oxygens (including phenoxy) is 10. The van der Waals surface area contributed by atoms with Crippen molar-refractivity contribution in [1.29, 1.82) is 0 Å². The zero-order chi connectivity index (χ0) is 36.7. The summed E-state index contributed by atoms with van der Waals surface area (Å²) in [6.45, 7) is 1.51. The molecular formula is C34H46O17. The Morgan fingerprint density at radius 2 is 1.16 bits per heavy atom. The van der Waals surface area contributed by atoms with E-state index in [1.807, 2.05) is 0 Å². The minimum absolute atomic E-state index is 0.0231. The van der Waals surface area contributed by atoms with Crippen molar-refractivity contribution < 1.29 is 83.1 Å². The number of phenols is 1. The molecule has 14 atom stereocenters. The molecule has 51 heavy (non-hydrogen) atoms. The number of hydrogen-bond donors (Lipinski definition) is 7. The molecule has 0 spiro atoms. The molecule has 2 aromatic carbocycles. The third-order valence-electron chi connectivity index (χ3n) is 10.1. The third-order valence-corrected chi connectivity index (χ3v) is 10.1. The van der Waals surface area contributed by atoms with Gasteiger partial charge >= 0.3 is 0 Å². The summed E-state index contributed by atoms with van der Waals surface area (Å²) >= 11 is 0. The second-order valence-electron chi connectivity index (χ2n) is 13.0. The maximum atomic E-state index is 11.1. The van der Waals surface area contributed by atoms with Crippen LogP contribution in [0, 0.1) is 11.8 Å². The van der Waals surface area contributed by atoms with Crippen LogP contribution in [0.3, 0.4) is 0 Å². The normalized spacial score (nSPS) is 37.9. The molecule has 0 saturated carbocycles. The first kappa shape index (κ1) is 37.6. The Hall–Kier alpha value is -3.20. The van der Waals surface area contributed by atoms with Gasteiger partial charge in [0.15, 0.2) is 35.4 Å². The molecule has 0 aromatic heterocycles. The van der Waals surface area contributed by atoms with E-state index in [2.05, 4.69) is 0 Å². The number of aromatic hydroxyl groups is 1. The highest BCUT2D eigenvalue weighted by Crippen LogP contribution is 2.53. The van der Waals surface area contributed by atoms with E-state index in [0.717, 1.165) is 5.56 Å². The van der Waals surface area contributed by atoms with Crippen LogP contribution >= 0.6 is 0 Å². The highest BCUT2D eigenvalue weighted by molar-refractivity contribution is 5.55. The lowest BCUT2D eigenvalue weighted by molar-refractivity contribution is -0.354. The van der Waals surface area contributed by atoms with E-state index in [4.69, 9.17) is 47.4 Å². The smallest absolute Gasteiger partial charge is 0.230 e. The van der Waals surface area contributed by atoms with Gasteiger partial charge in [0, 0.05) is 11.8 Å². The summed E-state index contributed by atoms with van der Waals surface area (Å²) in [4.78, 5) is 0. The molecule has 0 aliphatic carbocycles. The van der Waals surface area contributed by atoms with Gasteiger partial charge in [-0.3, -0.25) is 0 Å². The van der Waals surface area contributed by atoms with E-state index in [9.17, 15) is 35.7 Å². The maximum Gasteiger partial charge on any atom is 0.230 e. The van der Waals surface area contributed by atoms with Gasteiger partial charge in [-0.15, -0.1) is 0 Å². The largest absolute Gasteiger partial charge is 0.502 e. The quantitative estimate of drug-likeness (QED) is 0.155. The molecule has 0 radical (unpaired) electrons. The fraction of sp³-hybridized carbons (Fsp3) is 0.647. The van der Waals surface area contributed by atoms with E-state index in [0.29, 0.717) is 18.8 Å². The summed E-state index contributed by atoms with van der Waals surface area (Å²) in [6, 6.07) is 6.83. The molecule has 7 N–H and O–H groups in total. The molecule has 17 nitrogen and oxygen atoms in total. The summed E-state index contributed by atoms with van der Waals surface area (Å²) in [5, 5.41) is 73.0. The van der Waals surface area contributed by atoms with Crippen LogP contribution in [0.4, 0.5) is 0 Å². The number of methoxy groups -OCH3 is 4. The summed E-state index contributed by atoms with van der Waals surface area (Å²) < 4.78 is 58.1. The standard InChI is InChI=1S/C34H46O17/c1-13-23(36)26(39)28(41)33(48-13)51-32-27(40)25(38)22(10-35)49-34(32)50-31-20(44-4)8-15(9-21(31)45-5)30-17-12-46-29(16(17)11-47-30)14-6-18(42-2)24(37)19(7-14)43-3/h6-9,13,16-17,22-23,25-30,32-41H,10-12H2,1-5H3/t13-,16-,17-,22+,23-,25+,26+,27-,28+,29-,30-,32+,33-,34-/m0/s1. The van der Waals surface area contributed by atoms with Gasteiger partial charge in [0.25, 0.3) is 0 Å². The maximum absolute atomic E-state index is 11.1. The van der Waals surface area contributed by atoms with E-state index >= 15 is 0 Å². The number of benzene rings is 2. The van der Waals surface area contributed by atoms with Crippen LogP contribution in [0.5, 0.6) is 34.5 Å². The summed E-state index contributed by atoms with van der Waals surface area (Å²) in [6.07, 6.45) is -15.8. The van der Waals surface area contributed by atoms with Crippen LogP contribution < -0.4 is 23.7 Å². The van der Waals surface area contributed by atoms with Gasteiger partial charge in [-0.2, -0.15) is 0 Å². The molecule has 4 fully saturated rings. The Kier molecular flexibility index (Phi) is 11.4. The van der Waals surface area contributed by atoms with E-state index < -0.39 is 74.1 Å². The second-order valence-corrected chi connectivity index (χ2v) is 13.0. The Balaban J connectivity index is 1.26. The van der Waals surface area contributed by atoms with E-state index in [-0.39, 0.29) is 52.4 Å². The van der Waals surface area contributed by atoms with Crippen molar-refractivity contribution in [3.05, 3.63) is 35.4 Å². The van der Waals surface area contributed by atoms with Crippen LogP contribution in [-0.2, 0) is 23.7 Å². The molecule has 2 aromatic rings. The summed E-state index contributed by atoms with van der Waals surface area (Å²) in [7, 11) is 5.73. The molecule has 4 aliphatic heterocycles. The minimum Gasteiger partial charge on any atom is -0.502 e.